The second-order valence-electron chi connectivity index (χ2n) is 4.98. The van der Waals surface area contributed by atoms with Crippen molar-refractivity contribution in [2.45, 2.75) is 12.8 Å². The third-order valence-corrected chi connectivity index (χ3v) is 4.94. The van der Waals surface area contributed by atoms with Gasteiger partial charge in [-0.15, -0.1) is 11.3 Å². The molecule has 1 aliphatic carbocycles. The molecule has 0 amide bonds. The van der Waals surface area contributed by atoms with Gasteiger partial charge in [0.05, 0.1) is 7.11 Å². The first kappa shape index (κ1) is 11.1. The van der Waals surface area contributed by atoms with Crippen LogP contribution in [0.2, 0.25) is 0 Å². The number of fused-ring (bicyclic) bond motifs is 1. The maximum absolute atomic E-state index is 5.58. The van der Waals surface area contributed by atoms with Crippen LogP contribution in [-0.2, 0) is 12.8 Å². The van der Waals surface area contributed by atoms with Crippen LogP contribution in [-0.4, -0.2) is 7.11 Å². The minimum atomic E-state index is 0.991. The Balaban J connectivity index is 2.11. The summed E-state index contributed by atoms with van der Waals surface area (Å²) in [6.45, 7) is 0. The molecule has 0 atom stereocenters. The number of hydrogen-bond acceptors (Lipinski definition) is 2. The van der Waals surface area contributed by atoms with Crippen molar-refractivity contribution in [3.8, 4) is 5.75 Å². The van der Waals surface area contributed by atoms with Crippen LogP contribution in [0.25, 0.3) is 10.8 Å². The molecule has 0 spiro atoms. The Hall–Kier alpha value is -1.80. The van der Waals surface area contributed by atoms with Gasteiger partial charge in [-0.3, -0.25) is 0 Å². The van der Waals surface area contributed by atoms with Crippen molar-refractivity contribution >= 4 is 22.1 Å². The summed E-state index contributed by atoms with van der Waals surface area (Å²) in [6.07, 6.45) is 2.03. The number of ether oxygens (including phenoxy) is 1. The molecule has 2 aromatic carbocycles. The quantitative estimate of drug-likeness (QED) is 0.496. The summed E-state index contributed by atoms with van der Waals surface area (Å²) in [4.78, 5) is 1.47. The largest absolute Gasteiger partial charge is 0.496 e. The van der Waals surface area contributed by atoms with Crippen molar-refractivity contribution in [3.05, 3.63) is 63.3 Å². The van der Waals surface area contributed by atoms with E-state index < -0.39 is 0 Å². The molecule has 1 nitrogen and oxygen atoms in total. The monoisotopic (exact) mass is 266 g/mol. The minimum absolute atomic E-state index is 0.991. The second-order valence-corrected chi connectivity index (χ2v) is 5.98. The molecular formula is C17H14OS. The Morgan fingerprint density at radius 2 is 1.95 bits per heavy atom. The minimum Gasteiger partial charge on any atom is -0.496 e. The molecule has 0 radical (unpaired) electrons. The zero-order valence-corrected chi connectivity index (χ0v) is 11.6. The van der Waals surface area contributed by atoms with Crippen LogP contribution in [0.5, 0.6) is 5.75 Å². The van der Waals surface area contributed by atoms with Gasteiger partial charge in [0.15, 0.2) is 0 Å². The van der Waals surface area contributed by atoms with Crippen molar-refractivity contribution in [1.29, 1.82) is 0 Å². The molecule has 3 aromatic rings. The van der Waals surface area contributed by atoms with Crippen LogP contribution in [0.4, 0.5) is 0 Å². The topological polar surface area (TPSA) is 9.23 Å². The fourth-order valence-corrected chi connectivity index (χ4v) is 3.99. The highest BCUT2D eigenvalue weighted by Gasteiger charge is 2.19. The molecule has 4 rings (SSSR count). The molecule has 19 heavy (non-hydrogen) atoms. The van der Waals surface area contributed by atoms with Gasteiger partial charge in [-0.25, -0.2) is 0 Å². The van der Waals surface area contributed by atoms with Gasteiger partial charge in [0, 0.05) is 16.9 Å². The summed E-state index contributed by atoms with van der Waals surface area (Å²) in [5, 5.41) is 4.92. The molecule has 0 saturated carbocycles. The number of hydrogen-bond donors (Lipinski definition) is 0. The van der Waals surface area contributed by atoms with Gasteiger partial charge in [0.2, 0.25) is 0 Å². The maximum atomic E-state index is 5.58. The van der Waals surface area contributed by atoms with Crippen LogP contribution >= 0.6 is 11.3 Å². The predicted octanol–water partition coefficient (Wildman–Crippen LogP) is 4.40. The van der Waals surface area contributed by atoms with E-state index in [0.29, 0.717) is 0 Å². The zero-order chi connectivity index (χ0) is 12.8. The molecule has 0 aliphatic heterocycles. The van der Waals surface area contributed by atoms with Gasteiger partial charge in [-0.1, -0.05) is 24.3 Å². The zero-order valence-electron chi connectivity index (χ0n) is 10.8. The van der Waals surface area contributed by atoms with Crippen LogP contribution in [0, 0.1) is 0 Å². The van der Waals surface area contributed by atoms with Crippen LogP contribution in [0.1, 0.15) is 21.6 Å². The SMILES string of the molecule is COc1ccc2cccc3c2c1Cc1sccc1C3. The third kappa shape index (κ3) is 1.60. The molecule has 0 N–H and O–H groups in total. The van der Waals surface area contributed by atoms with Crippen molar-refractivity contribution in [2.75, 3.05) is 7.11 Å². The molecule has 0 saturated heterocycles. The lowest BCUT2D eigenvalue weighted by Crippen LogP contribution is -1.94. The van der Waals surface area contributed by atoms with E-state index in [9.17, 15) is 0 Å². The fraction of sp³-hybridized carbons (Fsp3) is 0.176. The standard InChI is InChI=1S/C17H14OS/c1-18-15-6-5-11-3-2-4-13-9-12-7-8-19-16(12)10-14(15)17(11)13/h2-8H,9-10H2,1H3. The lowest BCUT2D eigenvalue weighted by molar-refractivity contribution is 0.411. The molecule has 0 unspecified atom stereocenters. The molecule has 0 fully saturated rings. The van der Waals surface area contributed by atoms with E-state index in [-0.39, 0.29) is 0 Å². The van der Waals surface area contributed by atoms with Gasteiger partial charge in [-0.2, -0.15) is 0 Å². The first-order valence-corrected chi connectivity index (χ1v) is 7.37. The van der Waals surface area contributed by atoms with E-state index >= 15 is 0 Å². The molecule has 2 heteroatoms. The van der Waals surface area contributed by atoms with Crippen molar-refractivity contribution < 1.29 is 4.74 Å². The van der Waals surface area contributed by atoms with Gasteiger partial charge >= 0.3 is 0 Å². The highest BCUT2D eigenvalue weighted by atomic mass is 32.1. The highest BCUT2D eigenvalue weighted by molar-refractivity contribution is 7.10. The van der Waals surface area contributed by atoms with Crippen molar-refractivity contribution in [1.82, 2.24) is 0 Å². The van der Waals surface area contributed by atoms with Crippen LogP contribution < -0.4 is 4.74 Å². The summed E-state index contributed by atoms with van der Waals surface area (Å²) in [5.74, 6) is 1.02. The van der Waals surface area contributed by atoms with E-state index in [1.165, 1.54) is 32.3 Å². The average Bonchev–Trinajstić information content (AvgIpc) is 2.80. The molecule has 1 aromatic heterocycles. The van der Waals surface area contributed by atoms with E-state index in [2.05, 4.69) is 41.8 Å². The Labute approximate surface area is 116 Å². The van der Waals surface area contributed by atoms with Crippen LogP contribution in [0.15, 0.2) is 41.8 Å². The first-order chi connectivity index (χ1) is 9.36. The lowest BCUT2D eigenvalue weighted by Gasteiger charge is -2.12. The van der Waals surface area contributed by atoms with Crippen molar-refractivity contribution in [2.24, 2.45) is 0 Å². The molecule has 1 heterocycles. The summed E-state index contributed by atoms with van der Waals surface area (Å²) in [7, 11) is 1.76. The Morgan fingerprint density at radius 3 is 2.84 bits per heavy atom. The number of thiophene rings is 1. The summed E-state index contributed by atoms with van der Waals surface area (Å²) >= 11 is 1.86. The normalized spacial score (nSPS) is 13.1. The molecule has 0 bridgehead atoms. The predicted molar refractivity (Wildman–Crippen MR) is 80.4 cm³/mol. The van der Waals surface area contributed by atoms with E-state index in [0.717, 1.165) is 18.6 Å². The van der Waals surface area contributed by atoms with Crippen molar-refractivity contribution in [3.63, 3.8) is 0 Å². The first-order valence-electron chi connectivity index (χ1n) is 6.49. The second kappa shape index (κ2) is 4.10. The Morgan fingerprint density at radius 1 is 1.00 bits per heavy atom. The Bertz CT molecular complexity index is 770. The average molecular weight is 266 g/mol. The molecular weight excluding hydrogens is 252 g/mol. The highest BCUT2D eigenvalue weighted by Crippen LogP contribution is 2.38. The molecule has 1 aliphatic rings. The lowest BCUT2D eigenvalue weighted by atomic mass is 9.97. The van der Waals surface area contributed by atoms with Gasteiger partial charge in [0.1, 0.15) is 5.75 Å². The van der Waals surface area contributed by atoms with E-state index in [1.807, 2.05) is 11.3 Å². The smallest absolute Gasteiger partial charge is 0.123 e. The number of rotatable bonds is 1. The molecule has 94 valence electrons. The summed E-state index contributed by atoms with van der Waals surface area (Å²) in [5.41, 5.74) is 4.23. The number of methoxy groups -OCH3 is 1. The summed E-state index contributed by atoms with van der Waals surface area (Å²) < 4.78 is 5.58. The van der Waals surface area contributed by atoms with Gasteiger partial charge in [0.25, 0.3) is 0 Å². The van der Waals surface area contributed by atoms with Crippen LogP contribution in [0.3, 0.4) is 0 Å². The van der Waals surface area contributed by atoms with Gasteiger partial charge < -0.3 is 4.74 Å². The Kier molecular flexibility index (Phi) is 2.39. The summed E-state index contributed by atoms with van der Waals surface area (Å²) in [6, 6.07) is 13.1. The third-order valence-electron chi connectivity index (χ3n) is 3.97. The fourth-order valence-electron chi connectivity index (χ4n) is 3.08. The van der Waals surface area contributed by atoms with E-state index in [1.54, 1.807) is 7.11 Å². The van der Waals surface area contributed by atoms with Gasteiger partial charge in [-0.05, 0) is 45.8 Å². The number of benzene rings is 2. The maximum Gasteiger partial charge on any atom is 0.123 e. The van der Waals surface area contributed by atoms with E-state index in [4.69, 9.17) is 4.74 Å².